The summed E-state index contributed by atoms with van der Waals surface area (Å²) in [6.45, 7) is 1.51. The van der Waals surface area contributed by atoms with Gasteiger partial charge in [-0.15, -0.1) is 23.5 Å². The van der Waals surface area contributed by atoms with Crippen molar-refractivity contribution in [1.82, 2.24) is 0 Å². The van der Waals surface area contributed by atoms with E-state index in [0.717, 1.165) is 5.75 Å². The molecule has 3 nitrogen and oxygen atoms in total. The molecule has 0 saturated heterocycles. The van der Waals surface area contributed by atoms with E-state index in [9.17, 15) is 9.59 Å². The molecule has 0 aliphatic carbocycles. The largest absolute Gasteiger partial charge is 0.325 e. The molecule has 1 N–H and O–H groups in total. The van der Waals surface area contributed by atoms with Gasteiger partial charge >= 0.3 is 0 Å². The summed E-state index contributed by atoms with van der Waals surface area (Å²) in [5.74, 6) is 1.12. The summed E-state index contributed by atoms with van der Waals surface area (Å²) in [4.78, 5) is 24.5. The number of amides is 1. The highest BCUT2D eigenvalue weighted by Gasteiger charge is 2.05. The molecule has 0 unspecified atom stereocenters. The molecule has 5 heteroatoms. The first-order valence-electron chi connectivity index (χ1n) is 7.20. The maximum Gasteiger partial charge on any atom is 0.234 e. The van der Waals surface area contributed by atoms with Crippen LogP contribution in [0.3, 0.4) is 0 Å². The monoisotopic (exact) mass is 345 g/mol. The summed E-state index contributed by atoms with van der Waals surface area (Å²) in [5, 5.41) is 2.83. The van der Waals surface area contributed by atoms with Gasteiger partial charge in [0.15, 0.2) is 5.78 Å². The van der Waals surface area contributed by atoms with Crippen molar-refractivity contribution < 1.29 is 9.59 Å². The zero-order valence-corrected chi connectivity index (χ0v) is 14.8. The third kappa shape index (κ3) is 5.77. The normalized spacial score (nSPS) is 10.3. The molecule has 0 heterocycles. The SMILES string of the molecule is CSc1ccc(CSCC(=O)Nc2cccc(C(C)=O)c2)cc1. The van der Waals surface area contributed by atoms with E-state index in [-0.39, 0.29) is 11.7 Å². The van der Waals surface area contributed by atoms with Crippen LogP contribution in [0.15, 0.2) is 53.4 Å². The molecular weight excluding hydrogens is 326 g/mol. The Balaban J connectivity index is 1.80. The van der Waals surface area contributed by atoms with Gasteiger partial charge in [0.05, 0.1) is 5.75 Å². The Morgan fingerprint density at radius 3 is 2.48 bits per heavy atom. The van der Waals surface area contributed by atoms with Gasteiger partial charge in [-0.25, -0.2) is 0 Å². The number of hydrogen-bond acceptors (Lipinski definition) is 4. The smallest absolute Gasteiger partial charge is 0.234 e. The van der Waals surface area contributed by atoms with Crippen LogP contribution in [0.4, 0.5) is 5.69 Å². The predicted octanol–water partition coefficient (Wildman–Crippen LogP) is 4.48. The van der Waals surface area contributed by atoms with Gasteiger partial charge in [-0.3, -0.25) is 9.59 Å². The molecule has 0 aromatic heterocycles. The van der Waals surface area contributed by atoms with Crippen LogP contribution in [0.25, 0.3) is 0 Å². The van der Waals surface area contributed by atoms with Crippen LogP contribution < -0.4 is 5.32 Å². The lowest BCUT2D eigenvalue weighted by Gasteiger charge is -2.07. The van der Waals surface area contributed by atoms with Gasteiger partial charge in [-0.1, -0.05) is 24.3 Å². The lowest BCUT2D eigenvalue weighted by molar-refractivity contribution is -0.113. The molecular formula is C18H19NO2S2. The number of ketones is 1. The Morgan fingerprint density at radius 2 is 1.83 bits per heavy atom. The first-order valence-corrected chi connectivity index (χ1v) is 9.58. The summed E-state index contributed by atoms with van der Waals surface area (Å²) in [6, 6.07) is 15.4. The minimum absolute atomic E-state index is 0.0100. The van der Waals surface area contributed by atoms with E-state index >= 15 is 0 Å². The van der Waals surface area contributed by atoms with Crippen molar-refractivity contribution in [2.24, 2.45) is 0 Å². The Kier molecular flexibility index (Phi) is 6.74. The number of nitrogens with one attached hydrogen (secondary N) is 1. The van der Waals surface area contributed by atoms with Gasteiger partial charge in [0, 0.05) is 21.9 Å². The average molecular weight is 345 g/mol. The second-order valence-corrected chi connectivity index (χ2v) is 6.89. The molecule has 0 aliphatic heterocycles. The van der Waals surface area contributed by atoms with E-state index in [2.05, 4.69) is 35.8 Å². The Labute approximate surface area is 145 Å². The minimum atomic E-state index is -0.0589. The fourth-order valence-electron chi connectivity index (χ4n) is 2.00. The number of rotatable bonds is 7. The van der Waals surface area contributed by atoms with E-state index in [1.54, 1.807) is 47.8 Å². The standard InChI is InChI=1S/C18H19NO2S2/c1-13(20)15-4-3-5-16(10-15)19-18(21)12-23-11-14-6-8-17(22-2)9-7-14/h3-10H,11-12H2,1-2H3,(H,19,21). The van der Waals surface area contributed by atoms with Gasteiger partial charge in [0.25, 0.3) is 0 Å². The van der Waals surface area contributed by atoms with Crippen LogP contribution in [-0.2, 0) is 10.5 Å². The van der Waals surface area contributed by atoms with Crippen LogP contribution in [0.1, 0.15) is 22.8 Å². The van der Waals surface area contributed by atoms with Crippen molar-refractivity contribution in [1.29, 1.82) is 0 Å². The Bertz CT molecular complexity index is 684. The van der Waals surface area contributed by atoms with Crippen molar-refractivity contribution in [3.05, 3.63) is 59.7 Å². The molecule has 0 saturated carbocycles. The predicted molar refractivity (Wildman–Crippen MR) is 99.5 cm³/mol. The topological polar surface area (TPSA) is 46.2 Å². The molecule has 120 valence electrons. The second kappa shape index (κ2) is 8.79. The van der Waals surface area contributed by atoms with Crippen LogP contribution >= 0.6 is 23.5 Å². The van der Waals surface area contributed by atoms with E-state index in [1.165, 1.54) is 17.4 Å². The number of carbonyl (C=O) groups is 2. The lowest BCUT2D eigenvalue weighted by atomic mass is 10.1. The fourth-order valence-corrected chi connectivity index (χ4v) is 3.19. The number of hydrogen-bond donors (Lipinski definition) is 1. The molecule has 1 amide bonds. The Hall–Kier alpha value is -1.72. The van der Waals surface area contributed by atoms with E-state index < -0.39 is 0 Å². The Morgan fingerprint density at radius 1 is 1.09 bits per heavy atom. The number of Topliss-reactive ketones (excluding diaryl/α,β-unsaturated/α-hetero) is 1. The molecule has 0 bridgehead atoms. The van der Waals surface area contributed by atoms with Crippen LogP contribution in [0.2, 0.25) is 0 Å². The van der Waals surface area contributed by atoms with E-state index in [0.29, 0.717) is 17.0 Å². The zero-order chi connectivity index (χ0) is 16.7. The summed E-state index contributed by atoms with van der Waals surface area (Å²) < 4.78 is 0. The summed E-state index contributed by atoms with van der Waals surface area (Å²) >= 11 is 3.29. The van der Waals surface area contributed by atoms with Crippen molar-refractivity contribution in [3.63, 3.8) is 0 Å². The zero-order valence-electron chi connectivity index (χ0n) is 13.2. The molecule has 2 aromatic carbocycles. The van der Waals surface area contributed by atoms with Gasteiger partial charge in [0.1, 0.15) is 0 Å². The minimum Gasteiger partial charge on any atom is -0.325 e. The second-order valence-electron chi connectivity index (χ2n) is 5.03. The third-order valence-electron chi connectivity index (χ3n) is 3.21. The van der Waals surface area contributed by atoms with E-state index in [1.807, 2.05) is 0 Å². The molecule has 0 radical (unpaired) electrons. The fraction of sp³-hybridized carbons (Fsp3) is 0.222. The van der Waals surface area contributed by atoms with Crippen molar-refractivity contribution >= 4 is 40.9 Å². The first-order chi connectivity index (χ1) is 11.1. The summed E-state index contributed by atoms with van der Waals surface area (Å²) in [7, 11) is 0. The van der Waals surface area contributed by atoms with E-state index in [4.69, 9.17) is 0 Å². The highest BCUT2D eigenvalue weighted by atomic mass is 32.2. The average Bonchev–Trinajstić information content (AvgIpc) is 2.55. The summed E-state index contributed by atoms with van der Waals surface area (Å²) in [5.41, 5.74) is 2.47. The quantitative estimate of drug-likeness (QED) is 0.593. The third-order valence-corrected chi connectivity index (χ3v) is 4.96. The van der Waals surface area contributed by atoms with Gasteiger partial charge in [-0.05, 0) is 43.0 Å². The molecule has 2 aromatic rings. The maximum absolute atomic E-state index is 12.0. The van der Waals surface area contributed by atoms with Crippen molar-refractivity contribution in [3.8, 4) is 0 Å². The van der Waals surface area contributed by atoms with Gasteiger partial charge < -0.3 is 5.32 Å². The molecule has 0 spiro atoms. The molecule has 0 atom stereocenters. The molecule has 23 heavy (non-hydrogen) atoms. The van der Waals surface area contributed by atoms with Crippen molar-refractivity contribution in [2.45, 2.75) is 17.6 Å². The summed E-state index contributed by atoms with van der Waals surface area (Å²) in [6.07, 6.45) is 2.05. The highest BCUT2D eigenvalue weighted by molar-refractivity contribution is 7.99. The number of anilines is 1. The van der Waals surface area contributed by atoms with Crippen LogP contribution in [-0.4, -0.2) is 23.7 Å². The lowest BCUT2D eigenvalue weighted by Crippen LogP contribution is -2.14. The first kappa shape index (κ1) is 17.6. The molecule has 2 rings (SSSR count). The van der Waals surface area contributed by atoms with Crippen LogP contribution in [0, 0.1) is 0 Å². The molecule has 0 aliphatic rings. The van der Waals surface area contributed by atoms with Crippen LogP contribution in [0.5, 0.6) is 0 Å². The van der Waals surface area contributed by atoms with Gasteiger partial charge in [0.2, 0.25) is 5.91 Å². The number of benzene rings is 2. The highest BCUT2D eigenvalue weighted by Crippen LogP contribution is 2.18. The molecule has 0 fully saturated rings. The number of carbonyl (C=O) groups excluding carboxylic acids is 2. The van der Waals surface area contributed by atoms with Crippen molar-refractivity contribution in [2.75, 3.05) is 17.3 Å². The maximum atomic E-state index is 12.0. The number of thioether (sulfide) groups is 2. The van der Waals surface area contributed by atoms with Gasteiger partial charge in [-0.2, -0.15) is 0 Å².